The molecular formula is C13H12BrFN2O2. The molecule has 0 aliphatic carbocycles. The predicted molar refractivity (Wildman–Crippen MR) is 71.1 cm³/mol. The summed E-state index contributed by atoms with van der Waals surface area (Å²) in [4.78, 5) is 15.7. The number of ketones is 1. The van der Waals surface area contributed by atoms with Gasteiger partial charge in [0.1, 0.15) is 11.6 Å². The molecule has 1 unspecified atom stereocenters. The van der Waals surface area contributed by atoms with Crippen LogP contribution in [0.4, 0.5) is 4.39 Å². The molecule has 0 bridgehead atoms. The minimum Gasteiger partial charge on any atom is -0.338 e. The summed E-state index contributed by atoms with van der Waals surface area (Å²) < 4.78 is 18.9. The summed E-state index contributed by atoms with van der Waals surface area (Å²) in [5.41, 5.74) is 0.498. The highest BCUT2D eigenvalue weighted by Crippen LogP contribution is 2.24. The first-order valence-electron chi connectivity index (χ1n) is 5.84. The monoisotopic (exact) mass is 326 g/mol. The maximum absolute atomic E-state index is 13.3. The van der Waals surface area contributed by atoms with Crippen molar-refractivity contribution >= 4 is 21.7 Å². The number of nitrogens with zero attached hydrogens (tertiary/aromatic N) is 2. The quantitative estimate of drug-likeness (QED) is 0.859. The van der Waals surface area contributed by atoms with Crippen molar-refractivity contribution in [1.82, 2.24) is 10.1 Å². The van der Waals surface area contributed by atoms with Gasteiger partial charge in [0.15, 0.2) is 0 Å². The molecule has 0 saturated heterocycles. The average Bonchev–Trinajstić information content (AvgIpc) is 2.85. The van der Waals surface area contributed by atoms with Crippen molar-refractivity contribution in [2.75, 3.05) is 0 Å². The van der Waals surface area contributed by atoms with E-state index < -0.39 is 11.7 Å². The Labute approximate surface area is 118 Å². The molecule has 1 heterocycles. The normalized spacial score (nSPS) is 12.4. The first-order valence-corrected chi connectivity index (χ1v) is 6.63. The summed E-state index contributed by atoms with van der Waals surface area (Å²) in [6.45, 7) is 3.49. The maximum Gasteiger partial charge on any atom is 0.237 e. The molecule has 0 aliphatic heterocycles. The first-order chi connectivity index (χ1) is 9.01. The fourth-order valence-electron chi connectivity index (χ4n) is 1.66. The lowest BCUT2D eigenvalue weighted by Gasteiger charge is -2.01. The Morgan fingerprint density at radius 2 is 2.21 bits per heavy atom. The molecule has 4 nitrogen and oxygen atoms in total. The minimum atomic E-state index is -0.441. The van der Waals surface area contributed by atoms with Crippen LogP contribution in [0.3, 0.4) is 0 Å². The number of carbonyl (C=O) groups is 1. The van der Waals surface area contributed by atoms with E-state index in [-0.39, 0.29) is 17.5 Å². The average molecular weight is 327 g/mol. The van der Waals surface area contributed by atoms with Crippen molar-refractivity contribution < 1.29 is 13.7 Å². The molecule has 0 saturated carbocycles. The third-order valence-electron chi connectivity index (χ3n) is 2.76. The van der Waals surface area contributed by atoms with E-state index in [0.29, 0.717) is 16.5 Å². The van der Waals surface area contributed by atoms with E-state index in [4.69, 9.17) is 4.52 Å². The standard InChI is InChI=1S/C13H12BrFN2O2/c1-3-11(18)7(2)13-16-12(17-19-13)8-4-9(14)6-10(15)5-8/h4-7H,3H2,1-2H3. The van der Waals surface area contributed by atoms with Gasteiger partial charge in [-0.15, -0.1) is 0 Å². The zero-order valence-corrected chi connectivity index (χ0v) is 12.1. The molecule has 6 heteroatoms. The van der Waals surface area contributed by atoms with Gasteiger partial charge < -0.3 is 4.52 Å². The van der Waals surface area contributed by atoms with Gasteiger partial charge in [0.2, 0.25) is 11.7 Å². The Kier molecular flexibility index (Phi) is 4.09. The van der Waals surface area contributed by atoms with E-state index in [2.05, 4.69) is 26.1 Å². The van der Waals surface area contributed by atoms with Crippen molar-refractivity contribution in [3.05, 3.63) is 34.4 Å². The molecule has 0 fully saturated rings. The SMILES string of the molecule is CCC(=O)C(C)c1nc(-c2cc(F)cc(Br)c2)no1. The van der Waals surface area contributed by atoms with Gasteiger partial charge in [-0.2, -0.15) is 4.98 Å². The lowest BCUT2D eigenvalue weighted by Crippen LogP contribution is -2.07. The van der Waals surface area contributed by atoms with E-state index in [0.717, 1.165) is 0 Å². The van der Waals surface area contributed by atoms with Crippen molar-refractivity contribution in [3.8, 4) is 11.4 Å². The van der Waals surface area contributed by atoms with Gasteiger partial charge in [-0.05, 0) is 25.1 Å². The number of benzene rings is 1. The van der Waals surface area contributed by atoms with Gasteiger partial charge in [0, 0.05) is 16.5 Å². The van der Waals surface area contributed by atoms with Crippen LogP contribution >= 0.6 is 15.9 Å². The van der Waals surface area contributed by atoms with E-state index in [1.165, 1.54) is 12.1 Å². The second-order valence-electron chi connectivity index (χ2n) is 4.16. The molecule has 100 valence electrons. The Bertz CT molecular complexity index is 592. The van der Waals surface area contributed by atoms with Crippen LogP contribution in [-0.2, 0) is 4.79 Å². The Morgan fingerprint density at radius 1 is 1.47 bits per heavy atom. The van der Waals surface area contributed by atoms with Crippen LogP contribution in [0.15, 0.2) is 27.2 Å². The largest absolute Gasteiger partial charge is 0.338 e. The van der Waals surface area contributed by atoms with Crippen LogP contribution in [0.2, 0.25) is 0 Å². The van der Waals surface area contributed by atoms with Crippen LogP contribution in [-0.4, -0.2) is 15.9 Å². The summed E-state index contributed by atoms with van der Waals surface area (Å²) >= 11 is 3.20. The molecule has 19 heavy (non-hydrogen) atoms. The van der Waals surface area contributed by atoms with Crippen LogP contribution < -0.4 is 0 Å². The third-order valence-corrected chi connectivity index (χ3v) is 3.22. The molecular weight excluding hydrogens is 315 g/mol. The van der Waals surface area contributed by atoms with Crippen LogP contribution in [0.5, 0.6) is 0 Å². The van der Waals surface area contributed by atoms with Gasteiger partial charge in [-0.3, -0.25) is 4.79 Å². The second kappa shape index (κ2) is 5.61. The fourth-order valence-corrected chi connectivity index (χ4v) is 2.12. The first kappa shape index (κ1) is 13.9. The Morgan fingerprint density at radius 3 is 2.84 bits per heavy atom. The van der Waals surface area contributed by atoms with E-state index in [9.17, 15) is 9.18 Å². The topological polar surface area (TPSA) is 56.0 Å². The van der Waals surface area contributed by atoms with Crippen molar-refractivity contribution in [2.45, 2.75) is 26.2 Å². The molecule has 0 spiro atoms. The molecule has 1 atom stereocenters. The van der Waals surface area contributed by atoms with Crippen LogP contribution in [0.1, 0.15) is 32.1 Å². The molecule has 0 amide bonds. The zero-order valence-electron chi connectivity index (χ0n) is 10.5. The zero-order chi connectivity index (χ0) is 14.0. The molecule has 2 rings (SSSR count). The van der Waals surface area contributed by atoms with Crippen LogP contribution in [0.25, 0.3) is 11.4 Å². The van der Waals surface area contributed by atoms with Gasteiger partial charge in [0.05, 0.1) is 5.92 Å². The van der Waals surface area contributed by atoms with Gasteiger partial charge in [-0.1, -0.05) is 28.0 Å². The van der Waals surface area contributed by atoms with E-state index in [1.807, 2.05) is 0 Å². The van der Waals surface area contributed by atoms with E-state index in [1.54, 1.807) is 19.9 Å². The number of rotatable bonds is 4. The fraction of sp³-hybridized carbons (Fsp3) is 0.308. The summed E-state index contributed by atoms with van der Waals surface area (Å²) in [5.74, 6) is -0.291. The number of hydrogen-bond donors (Lipinski definition) is 0. The van der Waals surface area contributed by atoms with E-state index >= 15 is 0 Å². The molecule has 2 aromatic rings. The lowest BCUT2D eigenvalue weighted by molar-refractivity contribution is -0.120. The second-order valence-corrected chi connectivity index (χ2v) is 5.07. The summed E-state index contributed by atoms with van der Waals surface area (Å²) in [7, 11) is 0. The highest BCUT2D eigenvalue weighted by molar-refractivity contribution is 9.10. The minimum absolute atomic E-state index is 0.0237. The Balaban J connectivity index is 2.33. The number of hydrogen-bond acceptors (Lipinski definition) is 4. The summed E-state index contributed by atoms with van der Waals surface area (Å²) in [5, 5.41) is 3.78. The number of Topliss-reactive ketones (excluding diaryl/α,β-unsaturated/α-hetero) is 1. The summed E-state index contributed by atoms with van der Waals surface area (Å²) in [6.07, 6.45) is 0.407. The molecule has 1 aromatic carbocycles. The van der Waals surface area contributed by atoms with Crippen LogP contribution in [0, 0.1) is 5.82 Å². The predicted octanol–water partition coefficient (Wildman–Crippen LogP) is 3.72. The van der Waals surface area contributed by atoms with Gasteiger partial charge in [-0.25, -0.2) is 4.39 Å². The lowest BCUT2D eigenvalue weighted by atomic mass is 10.1. The third kappa shape index (κ3) is 3.07. The summed E-state index contributed by atoms with van der Waals surface area (Å²) in [6, 6.07) is 4.34. The molecule has 0 aliphatic rings. The van der Waals surface area contributed by atoms with Crippen molar-refractivity contribution in [3.63, 3.8) is 0 Å². The number of aromatic nitrogens is 2. The molecule has 0 radical (unpaired) electrons. The highest BCUT2D eigenvalue weighted by atomic mass is 79.9. The molecule has 0 N–H and O–H groups in total. The van der Waals surface area contributed by atoms with Gasteiger partial charge >= 0.3 is 0 Å². The maximum atomic E-state index is 13.3. The highest BCUT2D eigenvalue weighted by Gasteiger charge is 2.21. The van der Waals surface area contributed by atoms with Gasteiger partial charge in [0.25, 0.3) is 0 Å². The molecule has 1 aromatic heterocycles. The smallest absolute Gasteiger partial charge is 0.237 e. The number of halogens is 2. The number of carbonyl (C=O) groups excluding carboxylic acids is 1. The Hall–Kier alpha value is -1.56. The van der Waals surface area contributed by atoms with Crippen molar-refractivity contribution in [1.29, 1.82) is 0 Å². The van der Waals surface area contributed by atoms with Crippen molar-refractivity contribution in [2.24, 2.45) is 0 Å².